The Bertz CT molecular complexity index is 1500. The summed E-state index contributed by atoms with van der Waals surface area (Å²) in [6.07, 6.45) is 0. The fraction of sp³-hybridized carbons (Fsp3) is 0.281. The van der Waals surface area contributed by atoms with E-state index < -0.39 is 5.97 Å². The highest BCUT2D eigenvalue weighted by molar-refractivity contribution is 6.37. The Morgan fingerprint density at radius 2 is 1.67 bits per heavy atom. The van der Waals surface area contributed by atoms with Crippen molar-refractivity contribution in [1.82, 2.24) is 15.3 Å². The van der Waals surface area contributed by atoms with Crippen molar-refractivity contribution in [1.29, 1.82) is 0 Å². The average Bonchev–Trinajstić information content (AvgIpc) is 3.32. The highest BCUT2D eigenvalue weighted by atomic mass is 16.7. The van der Waals surface area contributed by atoms with Gasteiger partial charge in [0, 0.05) is 49.5 Å². The van der Waals surface area contributed by atoms with Crippen LogP contribution >= 0.6 is 0 Å². The fourth-order valence-corrected chi connectivity index (χ4v) is 5.06. The maximum Gasteiger partial charge on any atom is 0.338 e. The van der Waals surface area contributed by atoms with Gasteiger partial charge in [0.2, 0.25) is 0 Å². The molecule has 0 radical (unpaired) electrons. The molecule has 2 aliphatic heterocycles. The van der Waals surface area contributed by atoms with Gasteiger partial charge in [0.05, 0.1) is 36.2 Å². The van der Waals surface area contributed by atoms with Crippen LogP contribution in [0.1, 0.15) is 37.4 Å². The van der Waals surface area contributed by atoms with Gasteiger partial charge in [0.15, 0.2) is 0 Å². The molecule has 0 aromatic heterocycles. The Morgan fingerprint density at radius 3 is 2.36 bits per heavy atom. The van der Waals surface area contributed by atoms with Crippen molar-refractivity contribution in [3.05, 3.63) is 94.5 Å². The summed E-state index contributed by atoms with van der Waals surface area (Å²) in [6.45, 7) is 7.02. The second-order valence-electron chi connectivity index (χ2n) is 10.4. The summed E-state index contributed by atoms with van der Waals surface area (Å²) < 4.78 is 4.89. The number of aryl methyl sites for hydroxylation is 1. The van der Waals surface area contributed by atoms with Crippen LogP contribution in [0.3, 0.4) is 0 Å². The highest BCUT2D eigenvalue weighted by Crippen LogP contribution is 2.39. The zero-order chi connectivity index (χ0) is 29.6. The molecule has 0 unspecified atom stereocenters. The molecule has 3 aromatic carbocycles. The van der Waals surface area contributed by atoms with Crippen LogP contribution in [-0.2, 0) is 14.4 Å². The van der Waals surface area contributed by atoms with E-state index in [-0.39, 0.29) is 11.8 Å². The van der Waals surface area contributed by atoms with E-state index in [4.69, 9.17) is 9.57 Å². The lowest BCUT2D eigenvalue weighted by Crippen LogP contribution is -2.45. The summed E-state index contributed by atoms with van der Waals surface area (Å²) in [7, 11) is 3.44. The Labute approximate surface area is 245 Å². The van der Waals surface area contributed by atoms with Crippen LogP contribution in [0.15, 0.2) is 66.7 Å². The minimum absolute atomic E-state index is 0.289. The van der Waals surface area contributed by atoms with Crippen molar-refractivity contribution in [2.75, 3.05) is 64.1 Å². The van der Waals surface area contributed by atoms with E-state index in [9.17, 15) is 14.4 Å². The van der Waals surface area contributed by atoms with E-state index in [1.54, 1.807) is 30.3 Å². The third kappa shape index (κ3) is 6.52. The first-order chi connectivity index (χ1) is 20.3. The van der Waals surface area contributed by atoms with Gasteiger partial charge in [-0.05, 0) is 61.5 Å². The normalized spacial score (nSPS) is 16.4. The third-order valence-corrected chi connectivity index (χ3v) is 7.51. The second kappa shape index (κ2) is 13.0. The molecule has 1 fully saturated rings. The fourth-order valence-electron chi connectivity index (χ4n) is 5.06. The van der Waals surface area contributed by atoms with Crippen LogP contribution < -0.4 is 16.1 Å². The number of benzene rings is 3. The smallest absolute Gasteiger partial charge is 0.338 e. The number of piperazine rings is 1. The van der Waals surface area contributed by atoms with Gasteiger partial charge in [-0.3, -0.25) is 19.3 Å². The Hall–Kier alpha value is -4.51. The van der Waals surface area contributed by atoms with Gasteiger partial charge in [0.1, 0.15) is 0 Å². The minimum Gasteiger partial charge on any atom is -0.465 e. The lowest BCUT2D eigenvalue weighted by atomic mass is 9.96. The zero-order valence-electron chi connectivity index (χ0n) is 24.0. The summed E-state index contributed by atoms with van der Waals surface area (Å²) in [6, 6.07) is 19.9. The molecule has 0 bridgehead atoms. The Morgan fingerprint density at radius 1 is 0.952 bits per heavy atom. The van der Waals surface area contributed by atoms with Crippen molar-refractivity contribution >= 4 is 40.4 Å². The number of anilines is 2. The number of carbonyl (C=O) groups excluding carboxylic acids is 3. The zero-order valence-corrected chi connectivity index (χ0v) is 24.0. The van der Waals surface area contributed by atoms with Crippen molar-refractivity contribution < 1.29 is 24.0 Å². The van der Waals surface area contributed by atoms with E-state index in [1.807, 2.05) is 43.3 Å². The van der Waals surface area contributed by atoms with E-state index in [2.05, 4.69) is 33.0 Å². The van der Waals surface area contributed by atoms with Crippen molar-refractivity contribution in [3.63, 3.8) is 0 Å². The average molecular weight is 570 g/mol. The molecular weight excluding hydrogens is 534 g/mol. The number of carbonyl (C=O) groups is 3. The van der Waals surface area contributed by atoms with Gasteiger partial charge in [-0.25, -0.2) is 10.3 Å². The van der Waals surface area contributed by atoms with Crippen molar-refractivity contribution in [3.8, 4) is 0 Å². The number of hydrogen-bond donors (Lipinski definition) is 3. The number of fused-ring (bicyclic) bond motifs is 1. The van der Waals surface area contributed by atoms with Gasteiger partial charge in [0.25, 0.3) is 11.8 Å². The summed E-state index contributed by atoms with van der Waals surface area (Å²) >= 11 is 0. The SMILES string of the molecule is COC(=O)c1cc2c(cc1C)C(=C(Nc1ccc(C(=O)NOCCN3CCN(C)CC3)cc1)c1ccccc1)C(=O)N2. The monoisotopic (exact) mass is 569 g/mol. The van der Waals surface area contributed by atoms with Crippen LogP contribution in [0.25, 0.3) is 11.3 Å². The number of amides is 2. The lowest BCUT2D eigenvalue weighted by Gasteiger charge is -2.32. The maximum atomic E-state index is 13.3. The summed E-state index contributed by atoms with van der Waals surface area (Å²) in [5.74, 6) is -1.09. The number of hydrogen-bond acceptors (Lipinski definition) is 8. The number of ether oxygens (including phenoxy) is 1. The Kier molecular flexibility index (Phi) is 8.97. The van der Waals surface area contributed by atoms with Gasteiger partial charge in [-0.1, -0.05) is 30.3 Å². The number of hydroxylamine groups is 1. The van der Waals surface area contributed by atoms with Gasteiger partial charge >= 0.3 is 5.97 Å². The van der Waals surface area contributed by atoms with E-state index >= 15 is 0 Å². The first kappa shape index (κ1) is 29.0. The number of nitrogens with zero attached hydrogens (tertiary/aromatic N) is 2. The highest BCUT2D eigenvalue weighted by Gasteiger charge is 2.30. The van der Waals surface area contributed by atoms with Crippen LogP contribution in [0.5, 0.6) is 0 Å². The molecule has 3 N–H and O–H groups in total. The molecule has 2 heterocycles. The molecular formula is C32H35N5O5. The van der Waals surface area contributed by atoms with Gasteiger partial charge < -0.3 is 20.3 Å². The van der Waals surface area contributed by atoms with E-state index in [0.717, 1.165) is 38.3 Å². The molecule has 1 saturated heterocycles. The molecule has 0 aliphatic carbocycles. The van der Waals surface area contributed by atoms with Crippen LogP contribution in [-0.4, -0.2) is 81.1 Å². The lowest BCUT2D eigenvalue weighted by molar-refractivity contribution is -0.110. The number of methoxy groups -OCH3 is 1. The van der Waals surface area contributed by atoms with Crippen molar-refractivity contribution in [2.24, 2.45) is 0 Å². The second-order valence-corrected chi connectivity index (χ2v) is 10.4. The van der Waals surface area contributed by atoms with Crippen LogP contribution in [0.2, 0.25) is 0 Å². The van der Waals surface area contributed by atoms with Gasteiger partial charge in [-0.2, -0.15) is 0 Å². The Balaban J connectivity index is 1.32. The molecule has 5 rings (SSSR count). The molecule has 10 nitrogen and oxygen atoms in total. The molecule has 0 spiro atoms. The molecule has 3 aromatic rings. The molecule has 42 heavy (non-hydrogen) atoms. The summed E-state index contributed by atoms with van der Waals surface area (Å²) in [4.78, 5) is 48.2. The molecule has 0 atom stereocenters. The number of esters is 1. The predicted octanol–water partition coefficient (Wildman–Crippen LogP) is 3.62. The topological polar surface area (TPSA) is 112 Å². The molecule has 2 aliphatic rings. The summed E-state index contributed by atoms with van der Waals surface area (Å²) in [5, 5.41) is 6.27. The maximum absolute atomic E-state index is 13.3. The molecule has 10 heteroatoms. The molecule has 2 amide bonds. The number of nitrogens with one attached hydrogen (secondary N) is 3. The largest absolute Gasteiger partial charge is 0.465 e. The standard InChI is InChI=1S/C32H35N5O5/c1-21-19-26-27(20-25(21)32(40)41-3)34-31(39)28(26)29(22-7-5-4-6-8-22)33-24-11-9-23(10-12-24)30(38)35-42-18-17-37-15-13-36(2)14-16-37/h4-12,19-20,33H,13-18H2,1-3H3,(H,34,39)(H,35,38). The number of rotatable bonds is 9. The first-order valence-corrected chi connectivity index (χ1v) is 13.9. The van der Waals surface area contributed by atoms with Crippen molar-refractivity contribution in [2.45, 2.75) is 6.92 Å². The predicted molar refractivity (Wildman–Crippen MR) is 162 cm³/mol. The van der Waals surface area contributed by atoms with Crippen LogP contribution in [0.4, 0.5) is 11.4 Å². The minimum atomic E-state index is -0.465. The molecule has 0 saturated carbocycles. The van der Waals surface area contributed by atoms with Crippen LogP contribution in [0, 0.1) is 6.92 Å². The van der Waals surface area contributed by atoms with E-state index in [0.29, 0.717) is 51.5 Å². The summed E-state index contributed by atoms with van der Waals surface area (Å²) in [5.41, 5.74) is 7.83. The number of likely N-dealkylation sites (N-methyl/N-ethyl adjacent to an activating group) is 1. The van der Waals surface area contributed by atoms with Gasteiger partial charge in [-0.15, -0.1) is 0 Å². The third-order valence-electron chi connectivity index (χ3n) is 7.51. The molecule has 218 valence electrons. The first-order valence-electron chi connectivity index (χ1n) is 13.9. The quantitative estimate of drug-likeness (QED) is 0.155. The van der Waals surface area contributed by atoms with E-state index in [1.165, 1.54) is 7.11 Å².